The van der Waals surface area contributed by atoms with E-state index in [9.17, 15) is 4.79 Å². The van der Waals surface area contributed by atoms with Crippen molar-refractivity contribution >= 4 is 21.9 Å². The molecule has 5 rings (SSSR count). The number of tetrazole rings is 1. The van der Waals surface area contributed by atoms with Crippen molar-refractivity contribution in [3.63, 3.8) is 0 Å². The Morgan fingerprint density at radius 2 is 1.77 bits per heavy atom. The smallest absolute Gasteiger partial charge is 0.258 e. The summed E-state index contributed by atoms with van der Waals surface area (Å²) in [4.78, 5) is 27.1. The molecule has 0 saturated heterocycles. The highest BCUT2D eigenvalue weighted by molar-refractivity contribution is 5.86. The maximum Gasteiger partial charge on any atom is 0.258 e. The van der Waals surface area contributed by atoms with Crippen molar-refractivity contribution in [3.8, 4) is 22.8 Å². The van der Waals surface area contributed by atoms with E-state index >= 15 is 0 Å². The normalized spacial score (nSPS) is 11.4. The number of hydrogen-bond donors (Lipinski definition) is 3. The summed E-state index contributed by atoms with van der Waals surface area (Å²) in [7, 11) is 0. The van der Waals surface area contributed by atoms with Crippen LogP contribution in [-0.4, -0.2) is 40.6 Å². The lowest BCUT2D eigenvalue weighted by molar-refractivity contribution is 0.881. The number of imidazole rings is 1. The number of H-pyrrole nitrogens is 3. The molecule has 0 aliphatic carbocycles. The predicted molar refractivity (Wildman–Crippen MR) is 95.4 cm³/mol. The topological polar surface area (TPSA) is 129 Å². The van der Waals surface area contributed by atoms with Crippen molar-refractivity contribution in [2.45, 2.75) is 6.92 Å². The first-order valence-corrected chi connectivity index (χ1v) is 7.92. The van der Waals surface area contributed by atoms with Gasteiger partial charge in [0, 0.05) is 11.1 Å². The fourth-order valence-electron chi connectivity index (χ4n) is 2.97. The molecule has 126 valence electrons. The van der Waals surface area contributed by atoms with Crippen LogP contribution >= 0.6 is 0 Å². The minimum atomic E-state index is -0.162. The van der Waals surface area contributed by atoms with Gasteiger partial charge >= 0.3 is 0 Å². The molecule has 0 saturated carbocycles. The van der Waals surface area contributed by atoms with Crippen LogP contribution in [0.2, 0.25) is 0 Å². The number of aryl methyl sites for hydroxylation is 1. The van der Waals surface area contributed by atoms with Crippen molar-refractivity contribution < 1.29 is 0 Å². The van der Waals surface area contributed by atoms with Crippen LogP contribution in [0.5, 0.6) is 0 Å². The zero-order valence-electron chi connectivity index (χ0n) is 13.6. The molecule has 3 aromatic heterocycles. The van der Waals surface area contributed by atoms with Crippen molar-refractivity contribution in [2.75, 3.05) is 0 Å². The minimum Gasteiger partial charge on any atom is -0.338 e. The summed E-state index contributed by atoms with van der Waals surface area (Å²) in [6, 6.07) is 11.2. The van der Waals surface area contributed by atoms with E-state index in [1.54, 1.807) is 13.0 Å². The van der Waals surface area contributed by atoms with Crippen LogP contribution in [0.3, 0.4) is 0 Å². The third-order valence-electron chi connectivity index (χ3n) is 4.18. The Morgan fingerprint density at radius 3 is 2.62 bits per heavy atom. The molecule has 9 heteroatoms. The highest BCUT2D eigenvalue weighted by Crippen LogP contribution is 2.25. The van der Waals surface area contributed by atoms with Crippen LogP contribution in [0, 0.1) is 6.92 Å². The Morgan fingerprint density at radius 1 is 0.923 bits per heavy atom. The number of benzene rings is 2. The van der Waals surface area contributed by atoms with Crippen LogP contribution < -0.4 is 5.56 Å². The standard InChI is InChI=1S/C17H12N8O/c1-8-18-12-4-2-9(6-11(12)17(26)19-8)15-20-13-5-3-10(7-14(13)21-15)16-22-24-25-23-16/h2-7H,1H3,(H,20,21)(H,18,19,26)(H,22,23,24,25). The quantitative estimate of drug-likeness (QED) is 0.449. The molecule has 0 radical (unpaired) electrons. The highest BCUT2D eigenvalue weighted by atomic mass is 16.1. The van der Waals surface area contributed by atoms with E-state index < -0.39 is 0 Å². The first kappa shape index (κ1) is 14.5. The average Bonchev–Trinajstić information content (AvgIpc) is 3.30. The molecular weight excluding hydrogens is 332 g/mol. The van der Waals surface area contributed by atoms with Gasteiger partial charge < -0.3 is 9.97 Å². The monoisotopic (exact) mass is 344 g/mol. The molecule has 5 aromatic rings. The Balaban J connectivity index is 1.64. The lowest BCUT2D eigenvalue weighted by Gasteiger charge is -2.01. The van der Waals surface area contributed by atoms with Gasteiger partial charge in [0.15, 0.2) is 0 Å². The molecule has 0 amide bonds. The van der Waals surface area contributed by atoms with Crippen LogP contribution in [0.15, 0.2) is 41.2 Å². The van der Waals surface area contributed by atoms with Gasteiger partial charge in [0.2, 0.25) is 5.82 Å². The maximum absolute atomic E-state index is 12.2. The van der Waals surface area contributed by atoms with Gasteiger partial charge in [0.05, 0.1) is 21.9 Å². The van der Waals surface area contributed by atoms with Gasteiger partial charge in [-0.15, -0.1) is 10.2 Å². The van der Waals surface area contributed by atoms with Crippen molar-refractivity contribution in [2.24, 2.45) is 0 Å². The summed E-state index contributed by atoms with van der Waals surface area (Å²) < 4.78 is 0. The van der Waals surface area contributed by atoms with Gasteiger partial charge in [-0.05, 0) is 48.5 Å². The molecule has 0 fully saturated rings. The largest absolute Gasteiger partial charge is 0.338 e. The number of aromatic amines is 3. The van der Waals surface area contributed by atoms with E-state index in [2.05, 4.69) is 40.6 Å². The Bertz CT molecular complexity index is 1320. The van der Waals surface area contributed by atoms with Crippen LogP contribution in [0.25, 0.3) is 44.7 Å². The Labute approximate surface area is 145 Å². The molecule has 0 aliphatic heterocycles. The summed E-state index contributed by atoms with van der Waals surface area (Å²) >= 11 is 0. The molecule has 9 nitrogen and oxygen atoms in total. The molecule has 0 aliphatic rings. The van der Waals surface area contributed by atoms with Gasteiger partial charge in [-0.25, -0.2) is 9.97 Å². The van der Waals surface area contributed by atoms with E-state index in [-0.39, 0.29) is 5.56 Å². The number of fused-ring (bicyclic) bond motifs is 2. The number of rotatable bonds is 2. The minimum absolute atomic E-state index is 0.162. The maximum atomic E-state index is 12.2. The summed E-state index contributed by atoms with van der Waals surface area (Å²) in [5, 5.41) is 14.5. The molecule has 0 atom stereocenters. The van der Waals surface area contributed by atoms with Crippen molar-refractivity contribution in [3.05, 3.63) is 52.6 Å². The SMILES string of the molecule is Cc1nc2ccc(-c3nc4ccc(-c5nn[nH]n5)cc4[nH]3)cc2c(=O)[nH]1. The molecule has 3 heterocycles. The van der Waals surface area contributed by atoms with Crippen LogP contribution in [-0.2, 0) is 0 Å². The fraction of sp³-hybridized carbons (Fsp3) is 0.0588. The molecule has 0 bridgehead atoms. The van der Waals surface area contributed by atoms with Crippen LogP contribution in [0.1, 0.15) is 5.82 Å². The van der Waals surface area contributed by atoms with Crippen LogP contribution in [0.4, 0.5) is 0 Å². The second-order valence-electron chi connectivity index (χ2n) is 5.94. The van der Waals surface area contributed by atoms with Gasteiger partial charge in [-0.1, -0.05) is 0 Å². The lowest BCUT2D eigenvalue weighted by Crippen LogP contribution is -2.09. The molecule has 0 spiro atoms. The van der Waals surface area contributed by atoms with Gasteiger partial charge in [-0.3, -0.25) is 4.79 Å². The number of hydrogen-bond acceptors (Lipinski definition) is 6. The number of nitrogens with one attached hydrogen (secondary N) is 3. The fourth-order valence-corrected chi connectivity index (χ4v) is 2.97. The molecule has 0 unspecified atom stereocenters. The summed E-state index contributed by atoms with van der Waals surface area (Å²) in [6.45, 7) is 1.76. The number of nitrogens with zero attached hydrogens (tertiary/aromatic N) is 5. The zero-order valence-corrected chi connectivity index (χ0v) is 13.6. The van der Waals surface area contributed by atoms with Crippen molar-refractivity contribution in [1.82, 2.24) is 40.6 Å². The van der Waals surface area contributed by atoms with Crippen molar-refractivity contribution in [1.29, 1.82) is 0 Å². The second kappa shape index (κ2) is 5.31. The Hall–Kier alpha value is -3.88. The first-order valence-electron chi connectivity index (χ1n) is 7.92. The molecule has 26 heavy (non-hydrogen) atoms. The third kappa shape index (κ3) is 2.25. The first-order chi connectivity index (χ1) is 12.7. The Kier molecular flexibility index (Phi) is 2.95. The molecule has 2 aromatic carbocycles. The summed E-state index contributed by atoms with van der Waals surface area (Å²) in [5.41, 5.74) is 3.79. The van der Waals surface area contributed by atoms with E-state index in [4.69, 9.17) is 0 Å². The summed E-state index contributed by atoms with van der Waals surface area (Å²) in [5.74, 6) is 1.78. The van der Waals surface area contributed by atoms with E-state index in [1.165, 1.54) is 0 Å². The highest BCUT2D eigenvalue weighted by Gasteiger charge is 2.10. The average molecular weight is 344 g/mol. The zero-order chi connectivity index (χ0) is 17.7. The van der Waals surface area contributed by atoms with E-state index in [0.717, 1.165) is 22.2 Å². The van der Waals surface area contributed by atoms with E-state index in [1.807, 2.05) is 30.3 Å². The molecule has 3 N–H and O–H groups in total. The predicted octanol–water partition coefficient (Wildman–Crippen LogP) is 1.95. The third-order valence-corrected chi connectivity index (χ3v) is 4.18. The van der Waals surface area contributed by atoms with Gasteiger partial charge in [0.1, 0.15) is 11.6 Å². The molecular formula is C17H12N8O. The lowest BCUT2D eigenvalue weighted by atomic mass is 10.1. The van der Waals surface area contributed by atoms with Gasteiger partial charge in [0.25, 0.3) is 5.56 Å². The van der Waals surface area contributed by atoms with Gasteiger partial charge in [-0.2, -0.15) is 5.21 Å². The number of aromatic nitrogens is 8. The van der Waals surface area contributed by atoms with E-state index in [0.29, 0.717) is 28.4 Å². The summed E-state index contributed by atoms with van der Waals surface area (Å²) in [6.07, 6.45) is 0. The second-order valence-corrected chi connectivity index (χ2v) is 5.94.